The molecule has 0 bridgehead atoms. The second-order valence-corrected chi connectivity index (χ2v) is 8.10. The van der Waals surface area contributed by atoms with Crippen LogP contribution in [0.5, 0.6) is 0 Å². The maximum Gasteiger partial charge on any atom is 0.352 e. The molecule has 2 heterocycles. The van der Waals surface area contributed by atoms with Gasteiger partial charge in [-0.1, -0.05) is 12.8 Å². The Bertz CT molecular complexity index is 634. The highest BCUT2D eigenvalue weighted by atomic mass is 32.2. The molecule has 1 saturated carbocycles. The van der Waals surface area contributed by atoms with Gasteiger partial charge in [0.25, 0.3) is 0 Å². The molecule has 0 aromatic carbocycles. The van der Waals surface area contributed by atoms with E-state index in [2.05, 4.69) is 4.98 Å². The van der Waals surface area contributed by atoms with Crippen molar-refractivity contribution in [2.45, 2.75) is 43.4 Å². The van der Waals surface area contributed by atoms with Gasteiger partial charge in [0.1, 0.15) is 10.6 Å². The summed E-state index contributed by atoms with van der Waals surface area (Å²) in [6.45, 7) is 1.08. The van der Waals surface area contributed by atoms with E-state index >= 15 is 0 Å². The highest BCUT2D eigenvalue weighted by molar-refractivity contribution is 7.89. The first kappa shape index (κ1) is 14.6. The van der Waals surface area contributed by atoms with Crippen molar-refractivity contribution in [3.8, 4) is 0 Å². The molecule has 6 nitrogen and oxygen atoms in total. The van der Waals surface area contributed by atoms with Gasteiger partial charge in [0.15, 0.2) is 0 Å². The maximum atomic E-state index is 12.5. The van der Waals surface area contributed by atoms with E-state index in [0.717, 1.165) is 12.8 Å². The van der Waals surface area contributed by atoms with Crippen molar-refractivity contribution in [1.29, 1.82) is 0 Å². The second kappa shape index (κ2) is 5.14. The molecule has 1 aromatic heterocycles. The van der Waals surface area contributed by atoms with Gasteiger partial charge in [-0.25, -0.2) is 13.2 Å². The Balaban J connectivity index is 1.75. The fourth-order valence-corrected chi connectivity index (χ4v) is 5.06. The van der Waals surface area contributed by atoms with Crippen LogP contribution in [0.4, 0.5) is 0 Å². The van der Waals surface area contributed by atoms with Crippen LogP contribution in [0.25, 0.3) is 0 Å². The smallest absolute Gasteiger partial charge is 0.352 e. The molecule has 2 N–H and O–H groups in total. The number of hydrogen-bond donors (Lipinski definition) is 2. The summed E-state index contributed by atoms with van der Waals surface area (Å²) in [7, 11) is -3.58. The Morgan fingerprint density at radius 1 is 1.19 bits per heavy atom. The molecule has 0 unspecified atom stereocenters. The first-order chi connectivity index (χ1) is 9.93. The highest BCUT2D eigenvalue weighted by Gasteiger charge is 2.40. The van der Waals surface area contributed by atoms with Gasteiger partial charge < -0.3 is 10.1 Å². The Morgan fingerprint density at radius 2 is 1.81 bits per heavy atom. The van der Waals surface area contributed by atoms with E-state index in [4.69, 9.17) is 5.11 Å². The molecule has 2 aliphatic rings. The lowest BCUT2D eigenvalue weighted by molar-refractivity contribution is 0.0691. The van der Waals surface area contributed by atoms with E-state index < -0.39 is 16.0 Å². The summed E-state index contributed by atoms with van der Waals surface area (Å²) in [5, 5.41) is 8.87. The van der Waals surface area contributed by atoms with Gasteiger partial charge in [0, 0.05) is 19.3 Å². The van der Waals surface area contributed by atoms with Crippen LogP contribution in [0, 0.1) is 5.41 Å². The number of nitrogens with one attached hydrogen (secondary N) is 1. The van der Waals surface area contributed by atoms with E-state index in [1.54, 1.807) is 0 Å². The lowest BCUT2D eigenvalue weighted by Gasteiger charge is -2.38. The zero-order valence-corrected chi connectivity index (χ0v) is 12.7. The average Bonchev–Trinajstić information content (AvgIpc) is 3.09. The molecule has 1 spiro atoms. The molecule has 1 saturated heterocycles. The molecule has 21 heavy (non-hydrogen) atoms. The quantitative estimate of drug-likeness (QED) is 0.894. The fourth-order valence-electron chi connectivity index (χ4n) is 3.62. The largest absolute Gasteiger partial charge is 0.477 e. The SMILES string of the molecule is O=C(O)c1cc(S(=O)(=O)N2CCC3(CCCC3)CC2)c[nH]1. The Kier molecular flexibility index (Phi) is 3.57. The van der Waals surface area contributed by atoms with E-state index in [1.165, 1.54) is 42.3 Å². The summed E-state index contributed by atoms with van der Waals surface area (Å²) in [6, 6.07) is 1.19. The Morgan fingerprint density at radius 3 is 2.33 bits per heavy atom. The number of nitrogens with zero attached hydrogens (tertiary/aromatic N) is 1. The number of rotatable bonds is 3. The van der Waals surface area contributed by atoms with E-state index in [0.29, 0.717) is 18.5 Å². The van der Waals surface area contributed by atoms with Crippen LogP contribution < -0.4 is 0 Å². The molecule has 0 radical (unpaired) electrons. The minimum atomic E-state index is -3.58. The molecule has 0 amide bonds. The summed E-state index contributed by atoms with van der Waals surface area (Å²) in [5.74, 6) is -1.15. The molecule has 1 aliphatic carbocycles. The number of piperidine rings is 1. The molecule has 1 aliphatic heterocycles. The normalized spacial score (nSPS) is 22.7. The van der Waals surface area contributed by atoms with Gasteiger partial charge in [0.05, 0.1) is 0 Å². The molecule has 3 rings (SSSR count). The highest BCUT2D eigenvalue weighted by Crippen LogP contribution is 2.46. The van der Waals surface area contributed by atoms with Crippen molar-refractivity contribution in [3.05, 3.63) is 18.0 Å². The fraction of sp³-hybridized carbons (Fsp3) is 0.643. The standard InChI is InChI=1S/C14H20N2O4S/c17-13(18)12-9-11(10-15-12)21(19,20)16-7-5-14(6-8-16)3-1-2-4-14/h9-10,15H,1-8H2,(H,17,18). The van der Waals surface area contributed by atoms with Crippen molar-refractivity contribution in [2.75, 3.05) is 13.1 Å². The number of carboxylic acids is 1. The van der Waals surface area contributed by atoms with Crippen LogP contribution in [-0.2, 0) is 10.0 Å². The van der Waals surface area contributed by atoms with Gasteiger partial charge in [0.2, 0.25) is 10.0 Å². The minimum absolute atomic E-state index is 0.0438. The first-order valence-corrected chi connectivity index (χ1v) is 8.79. The third kappa shape index (κ3) is 2.60. The summed E-state index contributed by atoms with van der Waals surface area (Å²) >= 11 is 0. The number of aromatic nitrogens is 1. The summed E-state index contributed by atoms with van der Waals surface area (Å²) in [4.78, 5) is 13.4. The third-order valence-electron chi connectivity index (χ3n) is 4.97. The number of H-pyrrole nitrogens is 1. The number of sulfonamides is 1. The molecule has 7 heteroatoms. The van der Waals surface area contributed by atoms with E-state index in [-0.39, 0.29) is 10.6 Å². The molecular formula is C14H20N2O4S. The Labute approximate surface area is 124 Å². The molecular weight excluding hydrogens is 292 g/mol. The molecule has 116 valence electrons. The van der Waals surface area contributed by atoms with Gasteiger partial charge >= 0.3 is 5.97 Å². The molecule has 0 atom stereocenters. The van der Waals surface area contributed by atoms with Gasteiger partial charge in [-0.05, 0) is 37.2 Å². The number of aromatic amines is 1. The van der Waals surface area contributed by atoms with Crippen LogP contribution in [0.2, 0.25) is 0 Å². The summed E-state index contributed by atoms with van der Waals surface area (Å²) < 4.78 is 26.6. The zero-order chi connectivity index (χ0) is 15.1. The molecule has 2 fully saturated rings. The third-order valence-corrected chi connectivity index (χ3v) is 6.85. The van der Waals surface area contributed by atoms with Crippen molar-refractivity contribution in [1.82, 2.24) is 9.29 Å². The van der Waals surface area contributed by atoms with Crippen LogP contribution in [0.3, 0.4) is 0 Å². The number of aromatic carboxylic acids is 1. The van der Waals surface area contributed by atoms with Gasteiger partial charge in [-0.2, -0.15) is 4.31 Å². The molecule has 1 aromatic rings. The lowest BCUT2D eigenvalue weighted by Crippen LogP contribution is -2.42. The number of carbonyl (C=O) groups is 1. The Hall–Kier alpha value is -1.34. The van der Waals surface area contributed by atoms with Crippen molar-refractivity contribution < 1.29 is 18.3 Å². The van der Waals surface area contributed by atoms with Crippen molar-refractivity contribution >= 4 is 16.0 Å². The van der Waals surface area contributed by atoms with Crippen LogP contribution in [0.1, 0.15) is 49.0 Å². The van der Waals surface area contributed by atoms with E-state index in [9.17, 15) is 13.2 Å². The van der Waals surface area contributed by atoms with Crippen LogP contribution in [-0.4, -0.2) is 41.9 Å². The van der Waals surface area contributed by atoms with E-state index in [1.807, 2.05) is 0 Å². The summed E-state index contributed by atoms with van der Waals surface area (Å²) in [6.07, 6.45) is 8.05. The maximum absolute atomic E-state index is 12.5. The number of hydrogen-bond acceptors (Lipinski definition) is 3. The van der Waals surface area contributed by atoms with Gasteiger partial charge in [-0.15, -0.1) is 0 Å². The van der Waals surface area contributed by atoms with Crippen molar-refractivity contribution in [2.24, 2.45) is 5.41 Å². The van der Waals surface area contributed by atoms with Crippen LogP contribution in [0.15, 0.2) is 17.2 Å². The predicted molar refractivity (Wildman–Crippen MR) is 76.6 cm³/mol. The zero-order valence-electron chi connectivity index (χ0n) is 11.8. The van der Waals surface area contributed by atoms with Crippen molar-refractivity contribution in [3.63, 3.8) is 0 Å². The second-order valence-electron chi connectivity index (χ2n) is 6.17. The average molecular weight is 312 g/mol. The predicted octanol–water partition coefficient (Wildman–Crippen LogP) is 2.06. The minimum Gasteiger partial charge on any atom is -0.477 e. The van der Waals surface area contributed by atoms with Gasteiger partial charge in [-0.3, -0.25) is 0 Å². The lowest BCUT2D eigenvalue weighted by atomic mass is 9.78. The monoisotopic (exact) mass is 312 g/mol. The topological polar surface area (TPSA) is 90.5 Å². The first-order valence-electron chi connectivity index (χ1n) is 7.35. The van der Waals surface area contributed by atoms with Crippen LogP contribution >= 0.6 is 0 Å². The summed E-state index contributed by atoms with van der Waals surface area (Å²) in [5.41, 5.74) is 0.258. The number of carboxylic acid groups (broad SMARTS) is 1.